The molecule has 1 aliphatic rings. The van der Waals surface area contributed by atoms with E-state index in [-0.39, 0.29) is 17.9 Å². The SMILES string of the molecule is COc1ccc(S(=O)(=O)N2CCCCC(C(=O)O)C2C(=O)OC(C)(C)C)cc1. The van der Waals surface area contributed by atoms with Crippen LogP contribution in [0.4, 0.5) is 0 Å². The Kier molecular flexibility index (Phi) is 6.71. The highest BCUT2D eigenvalue weighted by atomic mass is 32.2. The maximum atomic E-state index is 13.3. The van der Waals surface area contributed by atoms with Gasteiger partial charge in [-0.2, -0.15) is 4.31 Å². The predicted octanol–water partition coefficient (Wildman–Crippen LogP) is 2.28. The number of rotatable bonds is 5. The molecular weight excluding hydrogens is 386 g/mol. The number of carbonyl (C=O) groups excluding carboxylic acids is 1. The van der Waals surface area contributed by atoms with E-state index in [2.05, 4.69) is 0 Å². The third kappa shape index (κ3) is 5.02. The Morgan fingerprint density at radius 1 is 1.14 bits per heavy atom. The van der Waals surface area contributed by atoms with E-state index in [4.69, 9.17) is 9.47 Å². The van der Waals surface area contributed by atoms with Gasteiger partial charge in [0.1, 0.15) is 17.4 Å². The van der Waals surface area contributed by atoms with Gasteiger partial charge in [0.2, 0.25) is 10.0 Å². The minimum Gasteiger partial charge on any atom is -0.497 e. The Labute approximate surface area is 165 Å². The number of sulfonamides is 1. The van der Waals surface area contributed by atoms with Gasteiger partial charge in [0.15, 0.2) is 0 Å². The lowest BCUT2D eigenvalue weighted by Gasteiger charge is -2.33. The molecule has 0 saturated carbocycles. The van der Waals surface area contributed by atoms with E-state index in [9.17, 15) is 23.1 Å². The Hall–Kier alpha value is -2.13. The summed E-state index contributed by atoms with van der Waals surface area (Å²) >= 11 is 0. The van der Waals surface area contributed by atoms with Crippen molar-refractivity contribution in [2.75, 3.05) is 13.7 Å². The zero-order chi connectivity index (χ0) is 21.1. The first kappa shape index (κ1) is 22.2. The summed E-state index contributed by atoms with van der Waals surface area (Å²) < 4.78 is 38.0. The largest absolute Gasteiger partial charge is 0.497 e. The maximum absolute atomic E-state index is 13.3. The summed E-state index contributed by atoms with van der Waals surface area (Å²) in [6.45, 7) is 5.00. The van der Waals surface area contributed by atoms with E-state index in [0.29, 0.717) is 18.6 Å². The molecule has 0 amide bonds. The second kappa shape index (κ2) is 8.48. The summed E-state index contributed by atoms with van der Waals surface area (Å²) in [6, 6.07) is 4.33. The van der Waals surface area contributed by atoms with Crippen LogP contribution in [0.25, 0.3) is 0 Å². The molecule has 1 aliphatic heterocycles. The monoisotopic (exact) mass is 413 g/mol. The van der Waals surface area contributed by atoms with Crippen LogP contribution < -0.4 is 4.74 Å². The molecular formula is C19H27NO7S. The maximum Gasteiger partial charge on any atom is 0.325 e. The number of carboxylic acid groups (broad SMARTS) is 1. The number of hydrogen-bond donors (Lipinski definition) is 1. The second-order valence-corrected chi connectivity index (χ2v) is 9.60. The number of nitrogens with zero attached hydrogens (tertiary/aromatic N) is 1. The number of esters is 1. The van der Waals surface area contributed by atoms with E-state index in [0.717, 1.165) is 4.31 Å². The van der Waals surface area contributed by atoms with Crippen molar-refractivity contribution in [1.82, 2.24) is 4.31 Å². The molecule has 9 heteroatoms. The number of hydrogen-bond acceptors (Lipinski definition) is 6. The van der Waals surface area contributed by atoms with Crippen molar-refractivity contribution in [2.45, 2.75) is 56.6 Å². The number of methoxy groups -OCH3 is 1. The van der Waals surface area contributed by atoms with E-state index in [1.54, 1.807) is 20.8 Å². The highest BCUT2D eigenvalue weighted by Gasteiger charge is 2.46. The molecule has 156 valence electrons. The Balaban J connectivity index is 2.51. The molecule has 0 aliphatic carbocycles. The van der Waals surface area contributed by atoms with Gasteiger partial charge in [-0.25, -0.2) is 8.42 Å². The van der Waals surface area contributed by atoms with Gasteiger partial charge in [0, 0.05) is 6.54 Å². The van der Waals surface area contributed by atoms with Gasteiger partial charge in [-0.05, 0) is 57.9 Å². The average molecular weight is 413 g/mol. The zero-order valence-electron chi connectivity index (χ0n) is 16.5. The van der Waals surface area contributed by atoms with Gasteiger partial charge in [-0.15, -0.1) is 0 Å². The lowest BCUT2D eigenvalue weighted by Crippen LogP contribution is -2.52. The fourth-order valence-corrected chi connectivity index (χ4v) is 4.84. The van der Waals surface area contributed by atoms with Crippen molar-refractivity contribution in [1.29, 1.82) is 0 Å². The smallest absolute Gasteiger partial charge is 0.325 e. The highest BCUT2D eigenvalue weighted by Crippen LogP contribution is 2.31. The first-order valence-electron chi connectivity index (χ1n) is 9.09. The van der Waals surface area contributed by atoms with Crippen LogP contribution in [0.2, 0.25) is 0 Å². The van der Waals surface area contributed by atoms with Crippen LogP contribution >= 0.6 is 0 Å². The molecule has 1 saturated heterocycles. The molecule has 1 N–H and O–H groups in total. The van der Waals surface area contributed by atoms with Gasteiger partial charge in [-0.1, -0.05) is 6.42 Å². The van der Waals surface area contributed by atoms with Gasteiger partial charge < -0.3 is 14.6 Å². The van der Waals surface area contributed by atoms with E-state index in [1.807, 2.05) is 0 Å². The molecule has 0 spiro atoms. The minimum atomic E-state index is -4.11. The lowest BCUT2D eigenvalue weighted by molar-refractivity contribution is -0.165. The molecule has 1 fully saturated rings. The van der Waals surface area contributed by atoms with Crippen LogP contribution in [0, 0.1) is 5.92 Å². The molecule has 1 heterocycles. The summed E-state index contributed by atoms with van der Waals surface area (Å²) in [7, 11) is -2.65. The molecule has 0 aromatic heterocycles. The number of carboxylic acids is 1. The van der Waals surface area contributed by atoms with E-state index in [1.165, 1.54) is 31.4 Å². The summed E-state index contributed by atoms with van der Waals surface area (Å²) in [6.07, 6.45) is 1.16. The van der Waals surface area contributed by atoms with E-state index < -0.39 is 39.5 Å². The van der Waals surface area contributed by atoms with Crippen LogP contribution in [0.3, 0.4) is 0 Å². The number of carbonyl (C=O) groups is 2. The minimum absolute atomic E-state index is 0.0344. The molecule has 0 radical (unpaired) electrons. The van der Waals surface area contributed by atoms with Crippen LogP contribution in [-0.2, 0) is 24.3 Å². The van der Waals surface area contributed by atoms with Crippen molar-refractivity contribution in [3.63, 3.8) is 0 Å². The van der Waals surface area contributed by atoms with Crippen molar-refractivity contribution in [3.8, 4) is 5.75 Å². The van der Waals surface area contributed by atoms with Gasteiger partial charge in [-0.3, -0.25) is 9.59 Å². The third-order valence-corrected chi connectivity index (χ3v) is 6.36. The van der Waals surface area contributed by atoms with Gasteiger partial charge in [0.25, 0.3) is 0 Å². The first-order valence-corrected chi connectivity index (χ1v) is 10.5. The topological polar surface area (TPSA) is 110 Å². The standard InChI is InChI=1S/C19H27NO7S/c1-19(2,3)27-18(23)16-15(17(21)22)7-5-6-12-20(16)28(24,25)14-10-8-13(26-4)9-11-14/h8-11,15-16H,5-7,12H2,1-4H3,(H,21,22). The van der Waals surface area contributed by atoms with Crippen LogP contribution in [0.1, 0.15) is 40.0 Å². The third-order valence-electron chi connectivity index (χ3n) is 4.47. The predicted molar refractivity (Wildman–Crippen MR) is 101 cm³/mol. The van der Waals surface area contributed by atoms with Crippen molar-refractivity contribution >= 4 is 22.0 Å². The molecule has 28 heavy (non-hydrogen) atoms. The second-order valence-electron chi connectivity index (χ2n) is 7.71. The Bertz CT molecular complexity index is 812. The van der Waals surface area contributed by atoms with Gasteiger partial charge >= 0.3 is 11.9 Å². The Morgan fingerprint density at radius 2 is 1.75 bits per heavy atom. The van der Waals surface area contributed by atoms with Crippen LogP contribution in [0.15, 0.2) is 29.2 Å². The molecule has 2 rings (SSSR count). The quantitative estimate of drug-likeness (QED) is 0.737. The first-order chi connectivity index (χ1) is 13.0. The zero-order valence-corrected chi connectivity index (χ0v) is 17.4. The molecule has 2 unspecified atom stereocenters. The Morgan fingerprint density at radius 3 is 2.25 bits per heavy atom. The molecule has 8 nitrogen and oxygen atoms in total. The fourth-order valence-electron chi connectivity index (χ4n) is 3.18. The van der Waals surface area contributed by atoms with Crippen molar-refractivity contribution < 1.29 is 32.6 Å². The summed E-state index contributed by atoms with van der Waals surface area (Å²) in [5.74, 6) is -2.75. The highest BCUT2D eigenvalue weighted by molar-refractivity contribution is 7.89. The summed E-state index contributed by atoms with van der Waals surface area (Å²) in [4.78, 5) is 24.7. The van der Waals surface area contributed by atoms with Crippen LogP contribution in [0.5, 0.6) is 5.75 Å². The number of ether oxygens (including phenoxy) is 2. The van der Waals surface area contributed by atoms with Crippen molar-refractivity contribution in [3.05, 3.63) is 24.3 Å². The summed E-state index contributed by atoms with van der Waals surface area (Å²) in [5, 5.41) is 9.66. The number of aliphatic carboxylic acids is 1. The summed E-state index contributed by atoms with van der Waals surface area (Å²) in [5.41, 5.74) is -0.873. The normalized spacial score (nSPS) is 21.6. The molecule has 1 aromatic rings. The molecule has 2 atom stereocenters. The van der Waals surface area contributed by atoms with Crippen LogP contribution in [-0.4, -0.2) is 55.1 Å². The lowest BCUT2D eigenvalue weighted by atomic mass is 9.95. The van der Waals surface area contributed by atoms with E-state index >= 15 is 0 Å². The fraction of sp³-hybridized carbons (Fsp3) is 0.579. The number of benzene rings is 1. The van der Waals surface area contributed by atoms with Gasteiger partial charge in [0.05, 0.1) is 17.9 Å². The molecule has 1 aromatic carbocycles. The van der Waals surface area contributed by atoms with Crippen molar-refractivity contribution in [2.24, 2.45) is 5.92 Å². The average Bonchev–Trinajstić information content (AvgIpc) is 2.83. The molecule has 0 bridgehead atoms.